The number of thioether (sulfide) groups is 1. The van der Waals surface area contributed by atoms with Gasteiger partial charge in [-0.2, -0.15) is 11.8 Å². The van der Waals surface area contributed by atoms with E-state index in [1.54, 1.807) is 6.07 Å². The zero-order valence-corrected chi connectivity index (χ0v) is 12.0. The summed E-state index contributed by atoms with van der Waals surface area (Å²) in [7, 11) is 2.01. The van der Waals surface area contributed by atoms with E-state index in [2.05, 4.69) is 11.8 Å². The van der Waals surface area contributed by atoms with Gasteiger partial charge in [-0.25, -0.2) is 4.39 Å². The van der Waals surface area contributed by atoms with Gasteiger partial charge in [0.25, 0.3) is 0 Å². The predicted octanol–water partition coefficient (Wildman–Crippen LogP) is 2.73. The fourth-order valence-corrected chi connectivity index (χ4v) is 2.63. The molecule has 0 fully saturated rings. The first-order chi connectivity index (χ1) is 8.69. The first-order valence-electron chi connectivity index (χ1n) is 6.40. The third-order valence-corrected chi connectivity index (χ3v) is 4.01. The smallest absolute Gasteiger partial charge is 0.127 e. The molecule has 18 heavy (non-hydrogen) atoms. The van der Waals surface area contributed by atoms with Crippen molar-refractivity contribution in [3.8, 4) is 0 Å². The van der Waals surface area contributed by atoms with Crippen molar-refractivity contribution in [3.63, 3.8) is 0 Å². The van der Waals surface area contributed by atoms with Gasteiger partial charge in [0.2, 0.25) is 0 Å². The minimum atomic E-state index is -0.136. The number of nitrogens with zero attached hydrogens (tertiary/aromatic N) is 1. The van der Waals surface area contributed by atoms with Crippen molar-refractivity contribution >= 4 is 11.8 Å². The van der Waals surface area contributed by atoms with Gasteiger partial charge in [0.1, 0.15) is 5.82 Å². The van der Waals surface area contributed by atoms with Crippen molar-refractivity contribution in [2.24, 2.45) is 5.73 Å². The molecule has 0 aliphatic rings. The Hall–Kier alpha value is -0.580. The minimum absolute atomic E-state index is 0.136. The number of hydrogen-bond acceptors (Lipinski definition) is 3. The Morgan fingerprint density at radius 3 is 2.72 bits per heavy atom. The lowest BCUT2D eigenvalue weighted by Gasteiger charge is -2.27. The van der Waals surface area contributed by atoms with Crippen molar-refractivity contribution in [1.82, 2.24) is 4.90 Å². The SMILES string of the molecule is CCSCCC(CN)N(C)Cc1ccccc1F. The third kappa shape index (κ3) is 4.96. The van der Waals surface area contributed by atoms with Crippen LogP contribution in [0.1, 0.15) is 18.9 Å². The topological polar surface area (TPSA) is 29.3 Å². The second-order valence-electron chi connectivity index (χ2n) is 4.38. The lowest BCUT2D eigenvalue weighted by atomic mass is 10.1. The van der Waals surface area contributed by atoms with Crippen molar-refractivity contribution in [2.45, 2.75) is 25.9 Å². The Balaban J connectivity index is 2.51. The monoisotopic (exact) mass is 270 g/mol. The molecule has 0 saturated heterocycles. The summed E-state index contributed by atoms with van der Waals surface area (Å²) in [5.41, 5.74) is 6.54. The molecule has 2 N–H and O–H groups in total. The van der Waals surface area contributed by atoms with Gasteiger partial charge in [0.05, 0.1) is 0 Å². The Kier molecular flexibility index (Phi) is 7.32. The highest BCUT2D eigenvalue weighted by Crippen LogP contribution is 2.13. The highest BCUT2D eigenvalue weighted by Gasteiger charge is 2.14. The summed E-state index contributed by atoms with van der Waals surface area (Å²) in [6.45, 7) is 3.39. The van der Waals surface area contributed by atoms with Gasteiger partial charge in [0.15, 0.2) is 0 Å². The van der Waals surface area contributed by atoms with E-state index < -0.39 is 0 Å². The lowest BCUT2D eigenvalue weighted by molar-refractivity contribution is 0.231. The van der Waals surface area contributed by atoms with Gasteiger partial charge in [-0.3, -0.25) is 4.90 Å². The molecule has 0 aliphatic heterocycles. The first-order valence-corrected chi connectivity index (χ1v) is 7.56. The quantitative estimate of drug-likeness (QED) is 0.737. The summed E-state index contributed by atoms with van der Waals surface area (Å²) in [5.74, 6) is 2.11. The molecule has 1 unspecified atom stereocenters. The molecule has 1 atom stereocenters. The second-order valence-corrected chi connectivity index (χ2v) is 5.78. The van der Waals surface area contributed by atoms with E-state index in [1.165, 1.54) is 6.07 Å². The molecule has 0 aliphatic carbocycles. The normalized spacial score (nSPS) is 12.9. The minimum Gasteiger partial charge on any atom is -0.329 e. The van der Waals surface area contributed by atoms with E-state index in [0.717, 1.165) is 23.5 Å². The van der Waals surface area contributed by atoms with Gasteiger partial charge in [0, 0.05) is 24.7 Å². The third-order valence-electron chi connectivity index (χ3n) is 3.07. The van der Waals surface area contributed by atoms with Crippen LogP contribution in [0.5, 0.6) is 0 Å². The highest BCUT2D eigenvalue weighted by molar-refractivity contribution is 7.99. The van der Waals surface area contributed by atoms with Gasteiger partial charge in [-0.1, -0.05) is 25.1 Å². The fraction of sp³-hybridized carbons (Fsp3) is 0.571. The molecule has 1 aromatic rings. The van der Waals surface area contributed by atoms with Crippen molar-refractivity contribution < 1.29 is 4.39 Å². The van der Waals surface area contributed by atoms with Gasteiger partial charge in [-0.05, 0) is 31.0 Å². The van der Waals surface area contributed by atoms with Crippen molar-refractivity contribution in [2.75, 3.05) is 25.1 Å². The molecular formula is C14H23FN2S. The Morgan fingerprint density at radius 2 is 2.11 bits per heavy atom. The second kappa shape index (κ2) is 8.51. The summed E-state index contributed by atoms with van der Waals surface area (Å²) >= 11 is 1.92. The zero-order chi connectivity index (χ0) is 13.4. The zero-order valence-electron chi connectivity index (χ0n) is 11.2. The Labute approximate surface area is 114 Å². The summed E-state index contributed by atoms with van der Waals surface area (Å²) in [4.78, 5) is 2.15. The number of benzene rings is 1. The molecule has 0 bridgehead atoms. The van der Waals surface area contributed by atoms with Crippen LogP contribution in [0, 0.1) is 5.82 Å². The van der Waals surface area contributed by atoms with E-state index >= 15 is 0 Å². The van der Waals surface area contributed by atoms with Gasteiger partial charge >= 0.3 is 0 Å². The first kappa shape index (κ1) is 15.5. The van der Waals surface area contributed by atoms with Crippen LogP contribution >= 0.6 is 11.8 Å². The maximum atomic E-state index is 13.6. The predicted molar refractivity (Wildman–Crippen MR) is 78.3 cm³/mol. The average Bonchev–Trinajstić information content (AvgIpc) is 2.37. The molecule has 1 aromatic carbocycles. The standard InChI is InChI=1S/C14H23FN2S/c1-3-18-9-8-13(10-16)17(2)11-12-6-4-5-7-14(12)15/h4-7,13H,3,8-11,16H2,1-2H3. The summed E-state index contributed by atoms with van der Waals surface area (Å²) in [6.07, 6.45) is 1.06. The van der Waals surface area contributed by atoms with Crippen molar-refractivity contribution in [3.05, 3.63) is 35.6 Å². The molecule has 102 valence electrons. The van der Waals surface area contributed by atoms with Gasteiger partial charge < -0.3 is 5.73 Å². The highest BCUT2D eigenvalue weighted by atomic mass is 32.2. The fourth-order valence-electron chi connectivity index (χ4n) is 1.91. The lowest BCUT2D eigenvalue weighted by Crippen LogP contribution is -2.38. The summed E-state index contributed by atoms with van der Waals surface area (Å²) < 4.78 is 13.6. The van der Waals surface area contributed by atoms with E-state index in [9.17, 15) is 4.39 Å². The van der Waals surface area contributed by atoms with Crippen LogP contribution in [0.15, 0.2) is 24.3 Å². The maximum Gasteiger partial charge on any atom is 0.127 e. The summed E-state index contributed by atoms with van der Waals surface area (Å²) in [5, 5.41) is 0. The Morgan fingerprint density at radius 1 is 1.39 bits per heavy atom. The maximum absolute atomic E-state index is 13.6. The van der Waals surface area contributed by atoms with Crippen LogP contribution in [0.3, 0.4) is 0 Å². The van der Waals surface area contributed by atoms with Crippen LogP contribution in [-0.4, -0.2) is 36.0 Å². The van der Waals surface area contributed by atoms with E-state index in [0.29, 0.717) is 19.1 Å². The van der Waals surface area contributed by atoms with Crippen LogP contribution in [0.4, 0.5) is 4.39 Å². The molecule has 1 rings (SSSR count). The van der Waals surface area contributed by atoms with E-state index in [-0.39, 0.29) is 5.82 Å². The molecule has 0 aromatic heterocycles. The van der Waals surface area contributed by atoms with Gasteiger partial charge in [-0.15, -0.1) is 0 Å². The number of nitrogens with two attached hydrogens (primary N) is 1. The largest absolute Gasteiger partial charge is 0.329 e. The molecular weight excluding hydrogens is 247 g/mol. The molecule has 4 heteroatoms. The molecule has 0 heterocycles. The van der Waals surface area contributed by atoms with Crippen LogP contribution < -0.4 is 5.73 Å². The number of likely N-dealkylation sites (N-methyl/N-ethyl adjacent to an activating group) is 1. The van der Waals surface area contributed by atoms with Crippen LogP contribution in [0.25, 0.3) is 0 Å². The molecule has 0 radical (unpaired) electrons. The average molecular weight is 270 g/mol. The molecule has 0 saturated carbocycles. The van der Waals surface area contributed by atoms with Crippen molar-refractivity contribution in [1.29, 1.82) is 0 Å². The number of rotatable bonds is 8. The van der Waals surface area contributed by atoms with Crippen LogP contribution in [-0.2, 0) is 6.54 Å². The van der Waals surface area contributed by atoms with E-state index in [4.69, 9.17) is 5.73 Å². The molecule has 0 amide bonds. The number of hydrogen-bond donors (Lipinski definition) is 1. The molecule has 0 spiro atoms. The molecule has 2 nitrogen and oxygen atoms in total. The van der Waals surface area contributed by atoms with Crippen LogP contribution in [0.2, 0.25) is 0 Å². The number of halogens is 1. The Bertz CT molecular complexity index is 346. The van der Waals surface area contributed by atoms with E-state index in [1.807, 2.05) is 30.9 Å². The summed E-state index contributed by atoms with van der Waals surface area (Å²) in [6, 6.07) is 7.25.